The second kappa shape index (κ2) is 14.4. The van der Waals surface area contributed by atoms with Crippen LogP contribution in [0.5, 0.6) is 0 Å². The minimum absolute atomic E-state index is 0.00464. The Bertz CT molecular complexity index is 1370. The van der Waals surface area contributed by atoms with E-state index in [0.29, 0.717) is 34.1 Å². The first-order chi connectivity index (χ1) is 20.5. The molecular weight excluding hydrogens is 584 g/mol. The summed E-state index contributed by atoms with van der Waals surface area (Å²) in [5.74, 6) is -0.392. The first-order valence-corrected chi connectivity index (χ1v) is 16.4. The van der Waals surface area contributed by atoms with Gasteiger partial charge in [-0.2, -0.15) is 25.8 Å². The van der Waals surface area contributed by atoms with Crippen LogP contribution in [0.15, 0.2) is 54.6 Å². The lowest BCUT2D eigenvalue weighted by Gasteiger charge is -2.48. The first-order valence-electron chi connectivity index (χ1n) is 15.5. The van der Waals surface area contributed by atoms with Gasteiger partial charge in [0.05, 0.1) is 11.7 Å². The number of thiol groups is 1. The van der Waals surface area contributed by atoms with Gasteiger partial charge in [-0.05, 0) is 112 Å². The van der Waals surface area contributed by atoms with E-state index in [0.717, 1.165) is 54.5 Å². The highest BCUT2D eigenvalue weighted by Crippen LogP contribution is 2.56. The Morgan fingerprint density at radius 3 is 1.93 bits per heavy atom. The molecule has 0 saturated heterocycles. The van der Waals surface area contributed by atoms with Gasteiger partial charge in [0.25, 0.3) is 0 Å². The average Bonchev–Trinajstić information content (AvgIpc) is 2.96. The van der Waals surface area contributed by atoms with Crippen molar-refractivity contribution in [2.45, 2.75) is 104 Å². The summed E-state index contributed by atoms with van der Waals surface area (Å²) in [6.45, 7) is 13.0. The second-order valence-corrected chi connectivity index (χ2v) is 13.7. The van der Waals surface area contributed by atoms with Crippen molar-refractivity contribution in [3.63, 3.8) is 0 Å². The lowest BCUT2D eigenvalue weighted by Crippen LogP contribution is -2.37. The Kier molecular flexibility index (Phi) is 11.8. The average molecular weight is 633 g/mol. The zero-order valence-corrected chi connectivity index (χ0v) is 27.9. The molecule has 0 heterocycles. The van der Waals surface area contributed by atoms with E-state index < -0.39 is 29.8 Å². The number of aliphatic hydroxyl groups is 2. The molecule has 2 nitrogen and oxygen atoms in total. The molecule has 0 bridgehead atoms. The van der Waals surface area contributed by atoms with Gasteiger partial charge in [-0.3, -0.25) is 0 Å². The number of fused-ring (bicyclic) bond motifs is 1. The number of hydrogen-bond donors (Lipinski definition) is 3. The SMILES string of the molecule is CC(C)c1cc2c(c(-c3ccc(F)cc3)c1C(O)c1ccc(C(F)(F)F)cc1)C(O)CC1(CCC1)C2.CCC(C)(C)C.CS. The molecule has 3 aromatic carbocycles. The number of rotatable bonds is 4. The van der Waals surface area contributed by atoms with Crippen LogP contribution in [-0.4, -0.2) is 16.5 Å². The number of aliphatic hydroxyl groups excluding tert-OH is 2. The molecule has 2 N–H and O–H groups in total. The van der Waals surface area contributed by atoms with Crippen LogP contribution in [-0.2, 0) is 12.6 Å². The molecule has 44 heavy (non-hydrogen) atoms. The summed E-state index contributed by atoms with van der Waals surface area (Å²) >= 11 is 3.53. The van der Waals surface area contributed by atoms with Crippen LogP contribution < -0.4 is 0 Å². The van der Waals surface area contributed by atoms with Crippen LogP contribution in [0.2, 0.25) is 0 Å². The molecule has 7 heteroatoms. The minimum Gasteiger partial charge on any atom is -0.388 e. The maximum atomic E-state index is 13.8. The van der Waals surface area contributed by atoms with Crippen molar-refractivity contribution < 1.29 is 27.8 Å². The summed E-state index contributed by atoms with van der Waals surface area (Å²) in [5, 5.41) is 23.0. The Balaban J connectivity index is 0.000000593. The van der Waals surface area contributed by atoms with Crippen LogP contribution in [0.25, 0.3) is 11.1 Å². The fraction of sp³-hybridized carbons (Fsp3) is 0.514. The van der Waals surface area contributed by atoms with Crippen molar-refractivity contribution in [2.24, 2.45) is 10.8 Å². The summed E-state index contributed by atoms with van der Waals surface area (Å²) in [6, 6.07) is 12.6. The zero-order valence-electron chi connectivity index (χ0n) is 27.0. The lowest BCUT2D eigenvalue weighted by molar-refractivity contribution is -0.137. The molecule has 242 valence electrons. The quantitative estimate of drug-likeness (QED) is 0.198. The second-order valence-electron chi connectivity index (χ2n) is 13.7. The van der Waals surface area contributed by atoms with Crippen molar-refractivity contribution in [3.05, 3.63) is 93.8 Å². The van der Waals surface area contributed by atoms with Gasteiger partial charge in [0.2, 0.25) is 0 Å². The highest BCUT2D eigenvalue weighted by Gasteiger charge is 2.44. The van der Waals surface area contributed by atoms with E-state index in [2.05, 4.69) is 46.4 Å². The third kappa shape index (κ3) is 8.27. The fourth-order valence-corrected chi connectivity index (χ4v) is 6.09. The number of hydrogen-bond acceptors (Lipinski definition) is 3. The molecule has 1 spiro atoms. The van der Waals surface area contributed by atoms with Crippen LogP contribution in [0.1, 0.15) is 125 Å². The summed E-state index contributed by atoms with van der Waals surface area (Å²) in [4.78, 5) is 0. The molecule has 0 aliphatic heterocycles. The molecule has 2 aliphatic carbocycles. The smallest absolute Gasteiger partial charge is 0.388 e. The van der Waals surface area contributed by atoms with Crippen LogP contribution in [0.3, 0.4) is 0 Å². The van der Waals surface area contributed by atoms with Gasteiger partial charge in [-0.15, -0.1) is 0 Å². The molecular formula is C37H48F4O2S. The summed E-state index contributed by atoms with van der Waals surface area (Å²) in [5.41, 5.74) is 4.72. The summed E-state index contributed by atoms with van der Waals surface area (Å²) in [6.07, 6.45) is 1.29. The maximum absolute atomic E-state index is 13.8. The van der Waals surface area contributed by atoms with E-state index in [9.17, 15) is 27.8 Å². The Labute approximate surface area is 266 Å². The summed E-state index contributed by atoms with van der Waals surface area (Å²) < 4.78 is 53.3. The molecule has 1 saturated carbocycles. The van der Waals surface area contributed by atoms with Gasteiger partial charge >= 0.3 is 6.18 Å². The van der Waals surface area contributed by atoms with Gasteiger partial charge < -0.3 is 10.2 Å². The monoisotopic (exact) mass is 632 g/mol. The maximum Gasteiger partial charge on any atom is 0.416 e. The van der Waals surface area contributed by atoms with Gasteiger partial charge in [0, 0.05) is 0 Å². The molecule has 0 amide bonds. The molecule has 0 radical (unpaired) electrons. The topological polar surface area (TPSA) is 40.5 Å². The van der Waals surface area contributed by atoms with E-state index in [-0.39, 0.29) is 11.3 Å². The van der Waals surface area contributed by atoms with Gasteiger partial charge in [0.15, 0.2) is 0 Å². The Morgan fingerprint density at radius 1 is 0.955 bits per heavy atom. The highest BCUT2D eigenvalue weighted by molar-refractivity contribution is 7.79. The van der Waals surface area contributed by atoms with E-state index in [1.807, 2.05) is 13.8 Å². The largest absolute Gasteiger partial charge is 0.416 e. The first kappa shape index (κ1) is 36.1. The molecule has 1 fully saturated rings. The van der Waals surface area contributed by atoms with Gasteiger partial charge in [-0.1, -0.05) is 84.7 Å². The van der Waals surface area contributed by atoms with E-state index >= 15 is 0 Å². The van der Waals surface area contributed by atoms with Crippen molar-refractivity contribution >= 4 is 12.6 Å². The normalized spacial score (nSPS) is 17.9. The Morgan fingerprint density at radius 2 is 1.50 bits per heavy atom. The van der Waals surface area contributed by atoms with Gasteiger partial charge in [0.1, 0.15) is 11.9 Å². The number of halogens is 4. The van der Waals surface area contributed by atoms with Crippen molar-refractivity contribution in [2.75, 3.05) is 6.26 Å². The molecule has 5 rings (SSSR count). The molecule has 3 aromatic rings. The predicted molar refractivity (Wildman–Crippen MR) is 176 cm³/mol. The standard InChI is InChI=1S/C30H30F4O2.C6H14.CH4S/c1-17(2)23-14-20-15-29(12-3-13-29)16-24(35)25(20)26(18-6-10-22(31)11-7-18)27(23)28(36)19-4-8-21(9-5-19)30(32,33)34;1-5-6(2,3)4;1-2/h4-11,14,17,24,28,35-36H,3,12-13,15-16H2,1-2H3;5H2,1-4H3;2H,1H3. The highest BCUT2D eigenvalue weighted by atomic mass is 32.1. The molecule has 2 aliphatic rings. The van der Waals surface area contributed by atoms with E-state index in [1.165, 1.54) is 30.7 Å². The molecule has 2 atom stereocenters. The van der Waals surface area contributed by atoms with Crippen LogP contribution in [0, 0.1) is 16.6 Å². The van der Waals surface area contributed by atoms with Crippen molar-refractivity contribution in [1.29, 1.82) is 0 Å². The minimum atomic E-state index is -4.47. The molecule has 0 aromatic heterocycles. The van der Waals surface area contributed by atoms with Gasteiger partial charge in [-0.25, -0.2) is 4.39 Å². The van der Waals surface area contributed by atoms with Crippen molar-refractivity contribution in [3.8, 4) is 11.1 Å². The predicted octanol–water partition coefficient (Wildman–Crippen LogP) is 10.9. The Hall–Kier alpha value is -2.35. The fourth-order valence-electron chi connectivity index (χ4n) is 6.09. The van der Waals surface area contributed by atoms with Crippen molar-refractivity contribution in [1.82, 2.24) is 0 Å². The third-order valence-electron chi connectivity index (χ3n) is 9.11. The number of alkyl halides is 3. The van der Waals surface area contributed by atoms with E-state index in [1.54, 1.807) is 18.4 Å². The third-order valence-corrected chi connectivity index (χ3v) is 9.11. The summed E-state index contributed by atoms with van der Waals surface area (Å²) in [7, 11) is 0. The number of benzene rings is 3. The zero-order chi connectivity index (χ0) is 33.0. The molecule has 2 unspecified atom stereocenters. The lowest BCUT2D eigenvalue weighted by atomic mass is 9.58. The van der Waals surface area contributed by atoms with E-state index in [4.69, 9.17) is 0 Å². The van der Waals surface area contributed by atoms with Crippen LogP contribution in [0.4, 0.5) is 17.6 Å². The van der Waals surface area contributed by atoms with Crippen LogP contribution >= 0.6 is 12.6 Å².